The average Bonchev–Trinajstić information content (AvgIpc) is 2.78. The van der Waals surface area contributed by atoms with Crippen LogP contribution in [0.5, 0.6) is 0 Å². The number of rotatable bonds is 6. The molecule has 0 spiro atoms. The minimum atomic E-state index is -3.85. The number of nitrogens with zero attached hydrogens (tertiary/aromatic N) is 1. The molecule has 1 heterocycles. The highest BCUT2D eigenvalue weighted by Crippen LogP contribution is 2.27. The molecule has 0 atom stereocenters. The maximum Gasteiger partial charge on any atom is 0.241 e. The molecule has 0 aliphatic carbocycles. The van der Waals surface area contributed by atoms with E-state index in [0.29, 0.717) is 18.7 Å². The smallest absolute Gasteiger partial charge is 0.241 e. The zero-order chi connectivity index (χ0) is 21.9. The van der Waals surface area contributed by atoms with Crippen molar-refractivity contribution in [3.05, 3.63) is 96.1 Å². The molecule has 4 rings (SSSR count). The van der Waals surface area contributed by atoms with Crippen LogP contribution in [0.25, 0.3) is 0 Å². The zero-order valence-electron chi connectivity index (χ0n) is 16.9. The highest BCUT2D eigenvalue weighted by Gasteiger charge is 2.27. The number of benzene rings is 3. The Hall–Kier alpha value is -2.68. The van der Waals surface area contributed by atoms with Crippen LogP contribution in [0.1, 0.15) is 30.0 Å². The van der Waals surface area contributed by atoms with Gasteiger partial charge in [-0.15, -0.1) is 0 Å². The van der Waals surface area contributed by atoms with Crippen molar-refractivity contribution < 1.29 is 16.8 Å². The summed E-state index contributed by atoms with van der Waals surface area (Å²) in [5, 5.41) is 0. The second-order valence-corrected chi connectivity index (χ2v) is 11.2. The van der Waals surface area contributed by atoms with Crippen LogP contribution < -0.4 is 9.03 Å². The summed E-state index contributed by atoms with van der Waals surface area (Å²) in [4.78, 5) is 0.0857. The van der Waals surface area contributed by atoms with Crippen LogP contribution in [0.3, 0.4) is 0 Å². The van der Waals surface area contributed by atoms with E-state index in [4.69, 9.17) is 0 Å². The maximum absolute atomic E-state index is 13.2. The van der Waals surface area contributed by atoms with E-state index in [9.17, 15) is 16.8 Å². The lowest BCUT2D eigenvalue weighted by molar-refractivity contribution is 0.572. The molecule has 0 bridgehead atoms. The van der Waals surface area contributed by atoms with E-state index in [2.05, 4.69) is 4.72 Å². The molecule has 0 unspecified atom stereocenters. The first-order valence-corrected chi connectivity index (χ1v) is 13.2. The monoisotopic (exact) mass is 456 g/mol. The van der Waals surface area contributed by atoms with Gasteiger partial charge in [0.25, 0.3) is 0 Å². The van der Waals surface area contributed by atoms with Crippen molar-refractivity contribution in [2.24, 2.45) is 0 Å². The van der Waals surface area contributed by atoms with Gasteiger partial charge >= 0.3 is 0 Å². The lowest BCUT2D eigenvalue weighted by Gasteiger charge is -2.28. The van der Waals surface area contributed by atoms with Crippen LogP contribution in [0.4, 0.5) is 5.69 Å². The minimum absolute atomic E-state index is 0.0857. The first-order chi connectivity index (χ1) is 14.9. The Morgan fingerprint density at radius 1 is 0.774 bits per heavy atom. The molecule has 0 radical (unpaired) electrons. The molecule has 1 saturated heterocycles. The molecule has 162 valence electrons. The zero-order valence-corrected chi connectivity index (χ0v) is 18.5. The van der Waals surface area contributed by atoms with Crippen LogP contribution in [-0.2, 0) is 20.0 Å². The maximum atomic E-state index is 13.2. The molecule has 0 amide bonds. The summed E-state index contributed by atoms with van der Waals surface area (Å²) >= 11 is 0. The number of sulfonamides is 2. The topological polar surface area (TPSA) is 83.6 Å². The second-order valence-electron chi connectivity index (χ2n) is 7.46. The summed E-state index contributed by atoms with van der Waals surface area (Å²) in [6.45, 7) is 0.413. The number of nitrogens with one attached hydrogen (secondary N) is 1. The molecular formula is C23H24N2O4S2. The predicted octanol–water partition coefficient (Wildman–Crippen LogP) is 3.68. The van der Waals surface area contributed by atoms with Gasteiger partial charge in [0, 0.05) is 6.54 Å². The van der Waals surface area contributed by atoms with Gasteiger partial charge in [-0.05, 0) is 48.2 Å². The van der Waals surface area contributed by atoms with Gasteiger partial charge in [0.15, 0.2) is 0 Å². The normalized spacial score (nSPS) is 16.4. The van der Waals surface area contributed by atoms with Crippen LogP contribution >= 0.6 is 0 Å². The third-order valence-corrected chi connectivity index (χ3v) is 8.63. The van der Waals surface area contributed by atoms with Crippen molar-refractivity contribution in [3.8, 4) is 0 Å². The van der Waals surface area contributed by atoms with E-state index in [1.807, 2.05) is 60.7 Å². The van der Waals surface area contributed by atoms with E-state index < -0.39 is 26.1 Å². The Bertz CT molecular complexity index is 1190. The van der Waals surface area contributed by atoms with Gasteiger partial charge in [0.2, 0.25) is 20.0 Å². The predicted molar refractivity (Wildman–Crippen MR) is 122 cm³/mol. The van der Waals surface area contributed by atoms with Gasteiger partial charge in [-0.1, -0.05) is 60.7 Å². The van der Waals surface area contributed by atoms with E-state index in [1.54, 1.807) is 12.1 Å². The third kappa shape index (κ3) is 4.81. The largest absolute Gasteiger partial charge is 0.270 e. The quantitative estimate of drug-likeness (QED) is 0.613. The lowest BCUT2D eigenvalue weighted by atomic mass is 10.00. The van der Waals surface area contributed by atoms with Crippen molar-refractivity contribution in [2.75, 3.05) is 16.6 Å². The van der Waals surface area contributed by atoms with Crippen LogP contribution in [0.15, 0.2) is 89.8 Å². The molecule has 1 fully saturated rings. The summed E-state index contributed by atoms with van der Waals surface area (Å²) in [7, 11) is -7.20. The first kappa shape index (κ1) is 21.5. The van der Waals surface area contributed by atoms with Gasteiger partial charge in [-0.3, -0.25) is 4.31 Å². The van der Waals surface area contributed by atoms with Gasteiger partial charge in [-0.2, -0.15) is 4.72 Å². The third-order valence-electron chi connectivity index (χ3n) is 5.32. The molecule has 1 aliphatic rings. The van der Waals surface area contributed by atoms with Crippen molar-refractivity contribution in [1.29, 1.82) is 0 Å². The molecule has 3 aromatic carbocycles. The highest BCUT2D eigenvalue weighted by molar-refractivity contribution is 7.92. The fourth-order valence-electron chi connectivity index (χ4n) is 3.71. The SMILES string of the molecule is O=S(=O)(NC(c1ccccc1)c1ccccc1)c1ccc(N2CCCCS2(=O)=O)cc1. The van der Waals surface area contributed by atoms with Crippen LogP contribution in [-0.4, -0.2) is 29.1 Å². The van der Waals surface area contributed by atoms with Crippen molar-refractivity contribution in [2.45, 2.75) is 23.8 Å². The molecule has 6 nitrogen and oxygen atoms in total. The van der Waals surface area contributed by atoms with Crippen LogP contribution in [0.2, 0.25) is 0 Å². The van der Waals surface area contributed by atoms with E-state index in [0.717, 1.165) is 17.5 Å². The van der Waals surface area contributed by atoms with Crippen molar-refractivity contribution >= 4 is 25.7 Å². The molecule has 1 aliphatic heterocycles. The van der Waals surface area contributed by atoms with Gasteiger partial charge in [0.05, 0.1) is 22.4 Å². The van der Waals surface area contributed by atoms with Crippen molar-refractivity contribution in [1.82, 2.24) is 4.72 Å². The Balaban J connectivity index is 1.63. The summed E-state index contributed by atoms with van der Waals surface area (Å²) in [6.07, 6.45) is 1.44. The molecule has 3 aromatic rings. The summed E-state index contributed by atoms with van der Waals surface area (Å²) in [6, 6.07) is 24.2. The van der Waals surface area contributed by atoms with Crippen LogP contribution in [0, 0.1) is 0 Å². The fourth-order valence-corrected chi connectivity index (χ4v) is 6.57. The summed E-state index contributed by atoms with van der Waals surface area (Å²) in [5.41, 5.74) is 2.14. The molecule has 8 heteroatoms. The average molecular weight is 457 g/mol. The Morgan fingerprint density at radius 3 is 1.84 bits per heavy atom. The molecular weight excluding hydrogens is 432 g/mol. The van der Waals surface area contributed by atoms with Crippen molar-refractivity contribution in [3.63, 3.8) is 0 Å². The minimum Gasteiger partial charge on any atom is -0.270 e. The molecule has 0 saturated carbocycles. The Kier molecular flexibility index (Phi) is 6.13. The number of hydrogen-bond acceptors (Lipinski definition) is 4. The number of anilines is 1. The lowest BCUT2D eigenvalue weighted by Crippen LogP contribution is -2.37. The van der Waals surface area contributed by atoms with E-state index in [1.165, 1.54) is 16.4 Å². The Morgan fingerprint density at radius 2 is 1.32 bits per heavy atom. The van der Waals surface area contributed by atoms with Gasteiger partial charge in [-0.25, -0.2) is 16.8 Å². The summed E-state index contributed by atoms with van der Waals surface area (Å²) in [5.74, 6) is 0.116. The standard InChI is InChI=1S/C23H24N2O4S2/c26-30(27)18-8-7-17-25(30)21-13-15-22(16-14-21)31(28,29)24-23(19-9-3-1-4-10-19)20-11-5-2-6-12-20/h1-6,9-16,23-24H,7-8,17-18H2. The van der Waals surface area contributed by atoms with E-state index in [-0.39, 0.29) is 10.6 Å². The fraction of sp³-hybridized carbons (Fsp3) is 0.217. The first-order valence-electron chi connectivity index (χ1n) is 10.1. The Labute approximate surface area is 183 Å². The second kappa shape index (κ2) is 8.82. The molecule has 0 aromatic heterocycles. The molecule has 31 heavy (non-hydrogen) atoms. The van der Waals surface area contributed by atoms with E-state index >= 15 is 0 Å². The van der Waals surface area contributed by atoms with Gasteiger partial charge in [0.1, 0.15) is 0 Å². The molecule has 1 N–H and O–H groups in total. The number of hydrogen-bond donors (Lipinski definition) is 1. The highest BCUT2D eigenvalue weighted by atomic mass is 32.2. The van der Waals surface area contributed by atoms with Gasteiger partial charge < -0.3 is 0 Å². The summed E-state index contributed by atoms with van der Waals surface area (Å²) < 4.78 is 55.1.